The van der Waals surface area contributed by atoms with Crippen molar-refractivity contribution in [2.24, 2.45) is 0 Å². The van der Waals surface area contributed by atoms with E-state index in [2.05, 4.69) is 14.7 Å². The highest BCUT2D eigenvalue weighted by Crippen LogP contribution is 2.26. The van der Waals surface area contributed by atoms with E-state index in [4.69, 9.17) is 0 Å². The molecule has 0 aliphatic carbocycles. The molecule has 3 rings (SSSR count). The molecule has 0 aliphatic rings. The van der Waals surface area contributed by atoms with Crippen LogP contribution in [0.5, 0.6) is 5.75 Å². The van der Waals surface area contributed by atoms with Crippen LogP contribution in [0.3, 0.4) is 0 Å². The Hall–Kier alpha value is -2.57. The Morgan fingerprint density at radius 3 is 2.45 bits per heavy atom. The number of aromatic nitrogens is 3. The van der Waals surface area contributed by atoms with Crippen LogP contribution in [-0.4, -0.2) is 20.7 Å². The number of halogens is 3. The van der Waals surface area contributed by atoms with E-state index < -0.39 is 6.36 Å². The smallest absolute Gasteiger partial charge is 0.406 e. The number of nitrogens with zero attached hydrogens (tertiary/aromatic N) is 3. The first kappa shape index (κ1) is 12.5. The van der Waals surface area contributed by atoms with Gasteiger partial charge in [0.2, 0.25) is 5.78 Å². The highest BCUT2D eigenvalue weighted by Gasteiger charge is 2.30. The summed E-state index contributed by atoms with van der Waals surface area (Å²) in [5.74, 6) is 0.309. The number of hydrogen-bond acceptors (Lipinski definition) is 3. The Labute approximate surface area is 111 Å². The molecule has 0 unspecified atom stereocenters. The van der Waals surface area contributed by atoms with Gasteiger partial charge in [0, 0.05) is 30.4 Å². The molecule has 7 heteroatoms. The molecule has 0 radical (unpaired) electrons. The Kier molecular flexibility index (Phi) is 2.81. The van der Waals surface area contributed by atoms with Crippen molar-refractivity contribution in [3.63, 3.8) is 0 Å². The maximum atomic E-state index is 12.1. The molecule has 2 heterocycles. The number of benzene rings is 1. The number of fused-ring (bicyclic) bond motifs is 1. The van der Waals surface area contributed by atoms with E-state index in [0.717, 1.165) is 11.1 Å². The largest absolute Gasteiger partial charge is 0.573 e. The van der Waals surface area contributed by atoms with Crippen molar-refractivity contribution in [3.8, 4) is 16.9 Å². The molecular weight excluding hydrogens is 271 g/mol. The van der Waals surface area contributed by atoms with Gasteiger partial charge in [-0.05, 0) is 17.7 Å². The highest BCUT2D eigenvalue weighted by atomic mass is 19.4. The molecular formula is C13H8F3N3O. The summed E-state index contributed by atoms with van der Waals surface area (Å²) >= 11 is 0. The topological polar surface area (TPSA) is 39.4 Å². The molecule has 102 valence electrons. The van der Waals surface area contributed by atoms with Crippen LogP contribution in [0.4, 0.5) is 13.2 Å². The summed E-state index contributed by atoms with van der Waals surface area (Å²) in [7, 11) is 0. The molecule has 3 aromatic rings. The van der Waals surface area contributed by atoms with Crippen molar-refractivity contribution in [2.75, 3.05) is 0 Å². The predicted octanol–water partition coefficient (Wildman–Crippen LogP) is 3.29. The Morgan fingerprint density at radius 1 is 1.00 bits per heavy atom. The SMILES string of the molecule is FC(F)(F)Oc1ccc(-c2cnc3nccn3c2)cc1. The first-order valence-corrected chi connectivity index (χ1v) is 5.66. The highest BCUT2D eigenvalue weighted by molar-refractivity contribution is 5.63. The minimum atomic E-state index is -4.68. The Morgan fingerprint density at radius 2 is 1.75 bits per heavy atom. The quantitative estimate of drug-likeness (QED) is 0.722. The van der Waals surface area contributed by atoms with Crippen molar-refractivity contribution < 1.29 is 17.9 Å². The standard InChI is InChI=1S/C13H8F3N3O/c14-13(15,16)20-11-3-1-9(2-4-11)10-7-18-12-17-5-6-19(12)8-10/h1-8H. The summed E-state index contributed by atoms with van der Waals surface area (Å²) in [6, 6.07) is 5.61. The zero-order chi connectivity index (χ0) is 14.2. The summed E-state index contributed by atoms with van der Waals surface area (Å²) in [5, 5.41) is 0. The zero-order valence-corrected chi connectivity index (χ0v) is 10.0. The molecule has 0 spiro atoms. The van der Waals surface area contributed by atoms with Crippen LogP contribution in [0, 0.1) is 0 Å². The normalized spacial score (nSPS) is 11.8. The van der Waals surface area contributed by atoms with E-state index in [1.54, 1.807) is 41.3 Å². The average Bonchev–Trinajstić information content (AvgIpc) is 2.85. The van der Waals surface area contributed by atoms with E-state index in [-0.39, 0.29) is 5.75 Å². The number of alkyl halides is 3. The Bertz CT molecular complexity index is 734. The van der Waals surface area contributed by atoms with Crippen LogP contribution < -0.4 is 4.74 Å². The molecule has 20 heavy (non-hydrogen) atoms. The van der Waals surface area contributed by atoms with Gasteiger partial charge in [0.05, 0.1) is 0 Å². The van der Waals surface area contributed by atoms with Gasteiger partial charge in [0.15, 0.2) is 0 Å². The lowest BCUT2D eigenvalue weighted by Gasteiger charge is -2.09. The van der Waals surface area contributed by atoms with Gasteiger partial charge in [-0.15, -0.1) is 13.2 Å². The number of rotatable bonds is 2. The number of ether oxygens (including phenoxy) is 1. The molecule has 0 bridgehead atoms. The second-order valence-corrected chi connectivity index (χ2v) is 4.05. The predicted molar refractivity (Wildman–Crippen MR) is 65.1 cm³/mol. The lowest BCUT2D eigenvalue weighted by atomic mass is 10.1. The molecule has 0 fully saturated rings. The number of hydrogen-bond donors (Lipinski definition) is 0. The van der Waals surface area contributed by atoms with Crippen LogP contribution in [-0.2, 0) is 0 Å². The second-order valence-electron chi connectivity index (χ2n) is 4.05. The maximum absolute atomic E-state index is 12.1. The van der Waals surface area contributed by atoms with Gasteiger partial charge in [-0.25, -0.2) is 9.97 Å². The summed E-state index contributed by atoms with van der Waals surface area (Å²) in [6.07, 6.45) is 2.09. The van der Waals surface area contributed by atoms with Crippen LogP contribution in [0.25, 0.3) is 16.9 Å². The van der Waals surface area contributed by atoms with E-state index in [1.807, 2.05) is 0 Å². The van der Waals surface area contributed by atoms with E-state index in [0.29, 0.717) is 5.78 Å². The first-order valence-electron chi connectivity index (χ1n) is 5.66. The minimum Gasteiger partial charge on any atom is -0.406 e. The third-order valence-electron chi connectivity index (χ3n) is 2.67. The molecule has 4 nitrogen and oxygen atoms in total. The van der Waals surface area contributed by atoms with Gasteiger partial charge < -0.3 is 4.74 Å². The molecule has 0 atom stereocenters. The summed E-state index contributed by atoms with van der Waals surface area (Å²) in [6.45, 7) is 0. The van der Waals surface area contributed by atoms with Crippen molar-refractivity contribution in [1.29, 1.82) is 0 Å². The minimum absolute atomic E-state index is 0.252. The van der Waals surface area contributed by atoms with Gasteiger partial charge >= 0.3 is 6.36 Å². The van der Waals surface area contributed by atoms with Crippen molar-refractivity contribution >= 4 is 5.78 Å². The first-order chi connectivity index (χ1) is 9.51. The van der Waals surface area contributed by atoms with Gasteiger partial charge in [-0.1, -0.05) is 12.1 Å². The summed E-state index contributed by atoms with van der Waals surface area (Å²) in [5.41, 5.74) is 1.51. The lowest BCUT2D eigenvalue weighted by molar-refractivity contribution is -0.274. The molecule has 0 saturated heterocycles. The van der Waals surface area contributed by atoms with Gasteiger partial charge in [-0.2, -0.15) is 0 Å². The van der Waals surface area contributed by atoms with E-state index >= 15 is 0 Å². The van der Waals surface area contributed by atoms with Crippen LogP contribution in [0.2, 0.25) is 0 Å². The summed E-state index contributed by atoms with van der Waals surface area (Å²) < 4.78 is 41.7. The molecule has 0 amide bonds. The lowest BCUT2D eigenvalue weighted by Crippen LogP contribution is -2.16. The fourth-order valence-electron chi connectivity index (χ4n) is 1.81. The third kappa shape index (κ3) is 2.56. The summed E-state index contributed by atoms with van der Waals surface area (Å²) in [4.78, 5) is 8.15. The molecule has 2 aromatic heterocycles. The fourth-order valence-corrected chi connectivity index (χ4v) is 1.81. The van der Waals surface area contributed by atoms with Gasteiger partial charge in [0.1, 0.15) is 5.75 Å². The van der Waals surface area contributed by atoms with Crippen molar-refractivity contribution in [1.82, 2.24) is 14.4 Å². The second kappa shape index (κ2) is 4.52. The fraction of sp³-hybridized carbons (Fsp3) is 0.0769. The zero-order valence-electron chi connectivity index (χ0n) is 10.0. The van der Waals surface area contributed by atoms with E-state index in [9.17, 15) is 13.2 Å². The Balaban J connectivity index is 1.90. The van der Waals surface area contributed by atoms with Crippen LogP contribution in [0.1, 0.15) is 0 Å². The van der Waals surface area contributed by atoms with Crippen LogP contribution >= 0.6 is 0 Å². The maximum Gasteiger partial charge on any atom is 0.573 e. The average molecular weight is 279 g/mol. The van der Waals surface area contributed by atoms with Crippen molar-refractivity contribution in [3.05, 3.63) is 49.1 Å². The van der Waals surface area contributed by atoms with Gasteiger partial charge in [0.25, 0.3) is 0 Å². The molecule has 0 saturated carbocycles. The molecule has 0 aliphatic heterocycles. The monoisotopic (exact) mass is 279 g/mol. The molecule has 0 N–H and O–H groups in total. The number of imidazole rings is 1. The van der Waals surface area contributed by atoms with E-state index in [1.165, 1.54) is 12.1 Å². The van der Waals surface area contributed by atoms with Crippen molar-refractivity contribution in [2.45, 2.75) is 6.36 Å². The van der Waals surface area contributed by atoms with Gasteiger partial charge in [-0.3, -0.25) is 4.40 Å². The van der Waals surface area contributed by atoms with Crippen LogP contribution in [0.15, 0.2) is 49.1 Å². The third-order valence-corrected chi connectivity index (χ3v) is 2.67. The molecule has 1 aromatic carbocycles.